The van der Waals surface area contributed by atoms with Crippen LogP contribution in [0.4, 0.5) is 0 Å². The molecular weight excluding hydrogens is 1120 g/mol. The molecule has 7 aromatic carbocycles. The molecule has 0 unspecified atom stereocenters. The van der Waals surface area contributed by atoms with E-state index < -0.39 is 53.3 Å². The van der Waals surface area contributed by atoms with Gasteiger partial charge in [0.2, 0.25) is 23.6 Å². The maximum atomic E-state index is 14.4. The fourth-order valence-corrected chi connectivity index (χ4v) is 10.7. The Hall–Kier alpha value is -8.72. The van der Waals surface area contributed by atoms with E-state index in [2.05, 4.69) is 10.6 Å². The molecule has 0 spiro atoms. The van der Waals surface area contributed by atoms with Gasteiger partial charge in [0.05, 0.1) is 37.3 Å². The molecule has 0 heterocycles. The van der Waals surface area contributed by atoms with Gasteiger partial charge < -0.3 is 39.8 Å². The Kier molecular flexibility index (Phi) is 25.7. The standard InChI is InChI=1S/C41H48N2O5.C34H42N2O5.H2/c1-6-38(45)43(28-31(2)29-48-40(3,4)5)36(39(46)47-30-32-19-11-7-12-20-32)27-37(44)42-41(33-21-13-8-14-22-33,34-23-15-9-16-24-34)35-25-17-10-18-26-35;1-6-31(38)36(23-25(2)24-41-33(3,4)5)29(32(39)40)22-30(37)35-34(26-16-10-7-11-17-26,27-18-12-8-13-19-27)28-20-14-9-15-21-28;/h7-26,31,36H,6,27-30H2,1-5H3,(H,42,44);7-21,25,29H,6,22-24H2,1-5H3,(H,35,37)(H,39,40);1H/t31-,36+;25-,29+;/m11./s1. The van der Waals surface area contributed by atoms with Crippen molar-refractivity contribution in [1.82, 2.24) is 20.4 Å². The van der Waals surface area contributed by atoms with Crippen LogP contribution < -0.4 is 10.6 Å². The van der Waals surface area contributed by atoms with Crippen LogP contribution in [-0.2, 0) is 60.7 Å². The van der Waals surface area contributed by atoms with Crippen molar-refractivity contribution in [3.8, 4) is 0 Å². The molecule has 0 aliphatic rings. The number of carbonyl (C=O) groups is 6. The Balaban J connectivity index is 0.000000328. The van der Waals surface area contributed by atoms with E-state index in [0.717, 1.165) is 38.9 Å². The van der Waals surface area contributed by atoms with Crippen molar-refractivity contribution in [2.45, 2.75) is 136 Å². The van der Waals surface area contributed by atoms with Crippen molar-refractivity contribution < 1.29 is 49.5 Å². The molecule has 7 aromatic rings. The lowest BCUT2D eigenvalue weighted by Gasteiger charge is -2.38. The number of carboxylic acids is 1. The van der Waals surface area contributed by atoms with Gasteiger partial charge in [-0.25, -0.2) is 9.59 Å². The average Bonchev–Trinajstić information content (AvgIpc) is 0.772. The van der Waals surface area contributed by atoms with Crippen LogP contribution >= 0.6 is 0 Å². The van der Waals surface area contributed by atoms with Crippen LogP contribution in [0.25, 0.3) is 0 Å². The summed E-state index contributed by atoms with van der Waals surface area (Å²) in [6.45, 7) is 20.2. The second-order valence-electron chi connectivity index (χ2n) is 24.5. The number of amides is 4. The summed E-state index contributed by atoms with van der Waals surface area (Å²) in [6, 6.07) is 65.0. The Labute approximate surface area is 528 Å². The van der Waals surface area contributed by atoms with Gasteiger partial charge in [0.25, 0.3) is 0 Å². The molecule has 0 fully saturated rings. The molecule has 89 heavy (non-hydrogen) atoms. The number of aliphatic carboxylic acids is 1. The van der Waals surface area contributed by atoms with E-state index in [-0.39, 0.29) is 75.2 Å². The molecule has 0 aliphatic heterocycles. The minimum atomic E-state index is -1.33. The van der Waals surface area contributed by atoms with Crippen LogP contribution in [0, 0.1) is 11.8 Å². The van der Waals surface area contributed by atoms with Crippen LogP contribution in [0.15, 0.2) is 212 Å². The van der Waals surface area contributed by atoms with E-state index in [9.17, 15) is 33.9 Å². The lowest BCUT2D eigenvalue weighted by Crippen LogP contribution is -2.53. The van der Waals surface area contributed by atoms with E-state index in [0.29, 0.717) is 13.2 Å². The predicted octanol–water partition coefficient (Wildman–Crippen LogP) is 13.2. The summed E-state index contributed by atoms with van der Waals surface area (Å²) in [5, 5.41) is 16.8. The molecule has 0 radical (unpaired) electrons. The molecule has 0 bridgehead atoms. The highest BCUT2D eigenvalue weighted by Gasteiger charge is 2.42. The number of carbonyl (C=O) groups excluding carboxylic acids is 5. The highest BCUT2D eigenvalue weighted by atomic mass is 16.5. The van der Waals surface area contributed by atoms with E-state index in [4.69, 9.17) is 14.2 Å². The van der Waals surface area contributed by atoms with E-state index in [1.165, 1.54) is 9.80 Å². The Morgan fingerprint density at radius 1 is 0.438 bits per heavy atom. The van der Waals surface area contributed by atoms with Gasteiger partial charge in [0.15, 0.2) is 0 Å². The zero-order valence-electron chi connectivity index (χ0n) is 53.4. The van der Waals surface area contributed by atoms with Crippen molar-refractivity contribution in [3.05, 3.63) is 251 Å². The maximum Gasteiger partial charge on any atom is 0.329 e. The summed E-state index contributed by atoms with van der Waals surface area (Å²) < 4.78 is 17.7. The van der Waals surface area contributed by atoms with Crippen LogP contribution in [0.2, 0.25) is 0 Å². The molecule has 3 N–H and O–H groups in total. The summed E-state index contributed by atoms with van der Waals surface area (Å²) in [5.74, 6) is -3.56. The molecule has 0 aliphatic carbocycles. The van der Waals surface area contributed by atoms with Crippen molar-refractivity contribution in [1.29, 1.82) is 0 Å². The lowest BCUT2D eigenvalue weighted by molar-refractivity contribution is -0.158. The number of hydrogen-bond donors (Lipinski definition) is 3. The second-order valence-corrected chi connectivity index (χ2v) is 24.5. The minimum absolute atomic E-state index is 0. The van der Waals surface area contributed by atoms with Crippen LogP contribution in [0.5, 0.6) is 0 Å². The Morgan fingerprint density at radius 2 is 0.708 bits per heavy atom. The summed E-state index contributed by atoms with van der Waals surface area (Å²) in [5.41, 5.74) is 2.96. The minimum Gasteiger partial charge on any atom is -0.480 e. The zero-order valence-corrected chi connectivity index (χ0v) is 53.4. The summed E-state index contributed by atoms with van der Waals surface area (Å²) in [7, 11) is 0. The first kappa shape index (κ1) is 69.4. The first-order valence-electron chi connectivity index (χ1n) is 30.8. The van der Waals surface area contributed by atoms with Crippen LogP contribution in [0.1, 0.15) is 135 Å². The van der Waals surface area contributed by atoms with Gasteiger partial charge in [0, 0.05) is 27.4 Å². The molecule has 472 valence electrons. The molecule has 7 rings (SSSR count). The Morgan fingerprint density at radius 3 is 0.978 bits per heavy atom. The van der Waals surface area contributed by atoms with E-state index >= 15 is 0 Å². The number of hydrogen-bond acceptors (Lipinski definition) is 9. The van der Waals surface area contributed by atoms with Crippen molar-refractivity contribution in [2.24, 2.45) is 11.8 Å². The zero-order chi connectivity index (χ0) is 64.6. The largest absolute Gasteiger partial charge is 0.480 e. The second kappa shape index (κ2) is 33.0. The van der Waals surface area contributed by atoms with Crippen molar-refractivity contribution in [3.63, 3.8) is 0 Å². The molecule has 4 atom stereocenters. The number of benzene rings is 7. The molecule has 0 saturated heterocycles. The lowest BCUT2D eigenvalue weighted by atomic mass is 9.77. The number of nitrogens with one attached hydrogen (secondary N) is 2. The van der Waals surface area contributed by atoms with Gasteiger partial charge in [-0.1, -0.05) is 240 Å². The highest BCUT2D eigenvalue weighted by Crippen LogP contribution is 2.39. The monoisotopic (exact) mass is 1210 g/mol. The summed E-state index contributed by atoms with van der Waals surface area (Å²) >= 11 is 0. The van der Waals surface area contributed by atoms with Crippen molar-refractivity contribution in [2.75, 3.05) is 26.3 Å². The highest BCUT2D eigenvalue weighted by molar-refractivity contribution is 5.91. The van der Waals surface area contributed by atoms with E-state index in [1.807, 2.05) is 268 Å². The topological polar surface area (TPSA) is 181 Å². The Bertz CT molecular complexity index is 3120. The van der Waals surface area contributed by atoms with Gasteiger partial charge in [0.1, 0.15) is 29.8 Å². The van der Waals surface area contributed by atoms with Gasteiger partial charge in [-0.3, -0.25) is 19.2 Å². The smallest absolute Gasteiger partial charge is 0.329 e. The molecule has 0 saturated carbocycles. The SMILES string of the molecule is CCC(=O)N(C[C@@H](C)COC(C)(C)C)[C@@H](CC(=O)NC(c1ccccc1)(c1ccccc1)c1ccccc1)C(=O)O.CCC(=O)N(C[C@@H](C)COC(C)(C)C)[C@@H](CC(=O)NC(c1ccccc1)(c1ccccc1)c1ccccc1)C(=O)OCc1ccccc1.[HH]. The molecular formula is C75H92N4O10. The number of nitrogens with zero attached hydrogens (tertiary/aromatic N) is 2. The molecule has 14 nitrogen and oxygen atoms in total. The van der Waals surface area contributed by atoms with Gasteiger partial charge in [-0.05, 0) is 92.3 Å². The third-order valence-corrected chi connectivity index (χ3v) is 15.0. The molecule has 0 aromatic heterocycles. The number of rotatable bonds is 28. The summed E-state index contributed by atoms with van der Waals surface area (Å²) in [6.07, 6.45) is -0.401. The fraction of sp³-hybridized carbons (Fsp3) is 0.360. The van der Waals surface area contributed by atoms with Crippen LogP contribution in [0.3, 0.4) is 0 Å². The third-order valence-electron chi connectivity index (χ3n) is 15.0. The van der Waals surface area contributed by atoms with Gasteiger partial charge in [-0.15, -0.1) is 0 Å². The molecule has 14 heteroatoms. The number of ether oxygens (including phenoxy) is 3. The maximum absolute atomic E-state index is 14.4. The third kappa shape index (κ3) is 19.9. The summed E-state index contributed by atoms with van der Waals surface area (Å²) in [4.78, 5) is 84.3. The van der Waals surface area contributed by atoms with Gasteiger partial charge >= 0.3 is 11.9 Å². The number of carboxylic acid groups (broad SMARTS) is 1. The quantitative estimate of drug-likeness (QED) is 0.0315. The van der Waals surface area contributed by atoms with Crippen molar-refractivity contribution >= 4 is 35.6 Å². The normalized spacial score (nSPS) is 13.0. The fourth-order valence-electron chi connectivity index (χ4n) is 10.7. The first-order valence-corrected chi connectivity index (χ1v) is 30.8. The average molecular weight is 1210 g/mol. The van der Waals surface area contributed by atoms with Gasteiger partial charge in [-0.2, -0.15) is 0 Å². The first-order chi connectivity index (χ1) is 42.5. The number of esters is 1. The van der Waals surface area contributed by atoms with E-state index in [1.54, 1.807) is 13.8 Å². The van der Waals surface area contributed by atoms with Crippen LogP contribution in [-0.4, -0.2) is 100 Å². The predicted molar refractivity (Wildman–Crippen MR) is 351 cm³/mol. The molecule has 4 amide bonds.